The first kappa shape index (κ1) is 22.4. The standard InChI is InChI=1S/C24H21Cl2N3O2S/c25-16-3-10-20(21(26)15-16)22-11-8-19(31-22)9-12-23(30)28-24(32)27-17-4-6-18(7-5-17)29-13-1-2-14-29/h3-12,15H,1-2,13-14H2,(H2,27,28,30,32)/b12-9+. The van der Waals surface area contributed by atoms with Crippen LogP contribution in [0.15, 0.2) is 65.1 Å². The molecule has 0 saturated carbocycles. The zero-order valence-electron chi connectivity index (χ0n) is 17.1. The van der Waals surface area contributed by atoms with Crippen LogP contribution in [-0.4, -0.2) is 24.1 Å². The number of hydrogen-bond donors (Lipinski definition) is 2. The van der Waals surface area contributed by atoms with Gasteiger partial charge in [-0.15, -0.1) is 0 Å². The lowest BCUT2D eigenvalue weighted by molar-refractivity contribution is -0.115. The van der Waals surface area contributed by atoms with Gasteiger partial charge in [-0.3, -0.25) is 10.1 Å². The Labute approximate surface area is 202 Å². The van der Waals surface area contributed by atoms with Crippen LogP contribution in [-0.2, 0) is 4.79 Å². The normalized spacial score (nSPS) is 13.5. The minimum atomic E-state index is -0.362. The number of benzene rings is 2. The molecule has 1 aromatic heterocycles. The monoisotopic (exact) mass is 485 g/mol. The van der Waals surface area contributed by atoms with Crippen LogP contribution in [0, 0.1) is 0 Å². The number of amides is 1. The predicted octanol–water partition coefficient (Wildman–Crippen LogP) is 6.38. The lowest BCUT2D eigenvalue weighted by atomic mass is 10.2. The number of nitrogens with zero attached hydrogens (tertiary/aromatic N) is 1. The molecule has 5 nitrogen and oxygen atoms in total. The van der Waals surface area contributed by atoms with E-state index < -0.39 is 0 Å². The highest BCUT2D eigenvalue weighted by Crippen LogP contribution is 2.31. The van der Waals surface area contributed by atoms with E-state index in [9.17, 15) is 4.79 Å². The van der Waals surface area contributed by atoms with Crippen LogP contribution in [0.2, 0.25) is 10.0 Å². The quantitative estimate of drug-likeness (QED) is 0.324. The summed E-state index contributed by atoms with van der Waals surface area (Å²) < 4.78 is 5.75. The fourth-order valence-electron chi connectivity index (χ4n) is 3.48. The van der Waals surface area contributed by atoms with Gasteiger partial charge in [0.1, 0.15) is 11.5 Å². The van der Waals surface area contributed by atoms with Gasteiger partial charge in [-0.2, -0.15) is 0 Å². The summed E-state index contributed by atoms with van der Waals surface area (Å²) in [4.78, 5) is 14.6. The maximum atomic E-state index is 12.2. The lowest BCUT2D eigenvalue weighted by Gasteiger charge is -2.18. The number of anilines is 2. The van der Waals surface area contributed by atoms with Crippen LogP contribution < -0.4 is 15.5 Å². The van der Waals surface area contributed by atoms with Crippen molar-refractivity contribution in [2.45, 2.75) is 12.8 Å². The van der Waals surface area contributed by atoms with Gasteiger partial charge in [0, 0.05) is 41.1 Å². The van der Waals surface area contributed by atoms with Gasteiger partial charge in [0.15, 0.2) is 5.11 Å². The molecule has 2 aromatic carbocycles. The number of furan rings is 1. The van der Waals surface area contributed by atoms with Crippen molar-refractivity contribution < 1.29 is 9.21 Å². The second kappa shape index (κ2) is 10.2. The highest BCUT2D eigenvalue weighted by molar-refractivity contribution is 7.80. The average Bonchev–Trinajstić information content (AvgIpc) is 3.45. The van der Waals surface area contributed by atoms with Crippen LogP contribution in [0.4, 0.5) is 11.4 Å². The first-order valence-corrected chi connectivity index (χ1v) is 11.3. The molecular formula is C24H21Cl2N3O2S. The van der Waals surface area contributed by atoms with Crippen molar-refractivity contribution in [2.75, 3.05) is 23.3 Å². The third kappa shape index (κ3) is 5.71. The Morgan fingerprint density at radius 3 is 2.50 bits per heavy atom. The molecule has 164 valence electrons. The highest BCUT2D eigenvalue weighted by Gasteiger charge is 2.12. The number of thiocarbonyl (C=S) groups is 1. The third-order valence-corrected chi connectivity index (χ3v) is 5.81. The summed E-state index contributed by atoms with van der Waals surface area (Å²) in [6, 6.07) is 16.7. The molecule has 3 aromatic rings. The predicted molar refractivity (Wildman–Crippen MR) is 135 cm³/mol. The van der Waals surface area contributed by atoms with E-state index in [0.717, 1.165) is 24.3 Å². The van der Waals surface area contributed by atoms with Crippen molar-refractivity contribution >= 4 is 63.9 Å². The fourth-order valence-corrected chi connectivity index (χ4v) is 4.20. The summed E-state index contributed by atoms with van der Waals surface area (Å²) in [6.45, 7) is 2.19. The topological polar surface area (TPSA) is 57.5 Å². The first-order valence-electron chi connectivity index (χ1n) is 10.2. The Kier molecular flexibility index (Phi) is 7.15. The molecule has 1 aliphatic heterocycles. The second-order valence-electron chi connectivity index (χ2n) is 7.34. The Hall–Kier alpha value is -2.80. The van der Waals surface area contributed by atoms with Crippen LogP contribution in [0.3, 0.4) is 0 Å². The minimum absolute atomic E-state index is 0.224. The number of hydrogen-bond acceptors (Lipinski definition) is 4. The van der Waals surface area contributed by atoms with E-state index in [1.807, 2.05) is 12.1 Å². The van der Waals surface area contributed by atoms with Gasteiger partial charge in [-0.1, -0.05) is 23.2 Å². The number of carbonyl (C=O) groups excluding carboxylic acids is 1. The summed E-state index contributed by atoms with van der Waals surface area (Å²) in [7, 11) is 0. The number of rotatable bonds is 5. The largest absolute Gasteiger partial charge is 0.457 e. The first-order chi connectivity index (χ1) is 15.5. The summed E-state index contributed by atoms with van der Waals surface area (Å²) in [5.41, 5.74) is 2.74. The zero-order chi connectivity index (χ0) is 22.5. The van der Waals surface area contributed by atoms with Gasteiger partial charge in [-0.25, -0.2) is 0 Å². The van der Waals surface area contributed by atoms with Crippen molar-refractivity contribution in [3.8, 4) is 11.3 Å². The molecule has 1 fully saturated rings. The van der Waals surface area contributed by atoms with Crippen molar-refractivity contribution in [3.63, 3.8) is 0 Å². The van der Waals surface area contributed by atoms with E-state index in [1.54, 1.807) is 36.4 Å². The molecule has 1 amide bonds. The van der Waals surface area contributed by atoms with Gasteiger partial charge in [0.25, 0.3) is 0 Å². The van der Waals surface area contributed by atoms with Crippen molar-refractivity contribution in [1.82, 2.24) is 5.32 Å². The van der Waals surface area contributed by atoms with Gasteiger partial charge < -0.3 is 14.6 Å². The second-order valence-corrected chi connectivity index (χ2v) is 8.60. The molecule has 8 heteroatoms. The fraction of sp³-hybridized carbons (Fsp3) is 0.167. The number of nitrogens with one attached hydrogen (secondary N) is 2. The molecule has 2 heterocycles. The highest BCUT2D eigenvalue weighted by atomic mass is 35.5. The van der Waals surface area contributed by atoms with E-state index in [0.29, 0.717) is 21.6 Å². The zero-order valence-corrected chi connectivity index (χ0v) is 19.4. The average molecular weight is 486 g/mol. The molecule has 0 aliphatic carbocycles. The van der Waals surface area contributed by atoms with Crippen LogP contribution in [0.25, 0.3) is 17.4 Å². The van der Waals surface area contributed by atoms with Crippen molar-refractivity contribution in [2.24, 2.45) is 0 Å². The molecule has 0 radical (unpaired) electrons. The van der Waals surface area contributed by atoms with Crippen LogP contribution in [0.5, 0.6) is 0 Å². The smallest absolute Gasteiger partial charge is 0.250 e. The van der Waals surface area contributed by atoms with E-state index in [-0.39, 0.29) is 11.0 Å². The summed E-state index contributed by atoms with van der Waals surface area (Å²) >= 11 is 17.4. The molecule has 1 saturated heterocycles. The molecule has 4 rings (SSSR count). The van der Waals surface area contributed by atoms with Crippen LogP contribution in [0.1, 0.15) is 18.6 Å². The van der Waals surface area contributed by atoms with Gasteiger partial charge in [0.05, 0.1) is 5.02 Å². The SMILES string of the molecule is O=C(/C=C/c1ccc(-c2ccc(Cl)cc2Cl)o1)NC(=S)Nc1ccc(N2CCCC2)cc1. The minimum Gasteiger partial charge on any atom is -0.457 e. The van der Waals surface area contributed by atoms with E-state index in [4.69, 9.17) is 39.8 Å². The molecule has 0 atom stereocenters. The van der Waals surface area contributed by atoms with Crippen molar-refractivity contribution in [1.29, 1.82) is 0 Å². The van der Waals surface area contributed by atoms with Gasteiger partial charge in [-0.05, 0) is 85.7 Å². The van der Waals surface area contributed by atoms with E-state index >= 15 is 0 Å². The van der Waals surface area contributed by atoms with E-state index in [2.05, 4.69) is 27.7 Å². The lowest BCUT2D eigenvalue weighted by Crippen LogP contribution is -2.32. The molecule has 0 unspecified atom stereocenters. The molecule has 32 heavy (non-hydrogen) atoms. The summed E-state index contributed by atoms with van der Waals surface area (Å²) in [5, 5.41) is 6.92. The Bertz CT molecular complexity index is 1150. The maximum Gasteiger partial charge on any atom is 0.250 e. The third-order valence-electron chi connectivity index (χ3n) is 5.06. The molecule has 0 bridgehead atoms. The number of carbonyl (C=O) groups is 1. The van der Waals surface area contributed by atoms with Gasteiger partial charge in [0.2, 0.25) is 5.91 Å². The number of halogens is 2. The Balaban J connectivity index is 1.30. The summed E-state index contributed by atoms with van der Waals surface area (Å²) in [6.07, 6.45) is 5.39. The molecule has 0 spiro atoms. The van der Waals surface area contributed by atoms with Crippen LogP contribution >= 0.6 is 35.4 Å². The van der Waals surface area contributed by atoms with Gasteiger partial charge >= 0.3 is 0 Å². The molecule has 1 aliphatic rings. The molecule has 2 N–H and O–H groups in total. The molecular weight excluding hydrogens is 465 g/mol. The Morgan fingerprint density at radius 2 is 1.78 bits per heavy atom. The van der Waals surface area contributed by atoms with E-state index in [1.165, 1.54) is 24.6 Å². The maximum absolute atomic E-state index is 12.2. The Morgan fingerprint density at radius 1 is 1.03 bits per heavy atom. The summed E-state index contributed by atoms with van der Waals surface area (Å²) in [5.74, 6) is 0.734. The van der Waals surface area contributed by atoms with Crippen molar-refractivity contribution in [3.05, 3.63) is 76.5 Å².